The lowest BCUT2D eigenvalue weighted by Gasteiger charge is -2.40. The smallest absolute Gasteiger partial charge is 0.203 e. The molecule has 2 saturated heterocycles. The van der Waals surface area contributed by atoms with E-state index in [0.29, 0.717) is 23.3 Å². The van der Waals surface area contributed by atoms with Crippen LogP contribution in [0.3, 0.4) is 0 Å². The molecule has 0 spiro atoms. The number of methoxy groups -OCH3 is 3. The Bertz CT molecular complexity index is 741. The molecule has 0 aliphatic carbocycles. The third-order valence-electron chi connectivity index (χ3n) is 6.49. The Balaban J connectivity index is 1.53. The van der Waals surface area contributed by atoms with E-state index in [4.69, 9.17) is 14.2 Å². The second kappa shape index (κ2) is 11.6. The summed E-state index contributed by atoms with van der Waals surface area (Å²) in [5.41, 5.74) is 1.15. The molecule has 0 saturated carbocycles. The van der Waals surface area contributed by atoms with Gasteiger partial charge in [0.15, 0.2) is 17.5 Å². The molecule has 9 nitrogen and oxygen atoms in total. The molecule has 1 aromatic carbocycles. The van der Waals surface area contributed by atoms with E-state index in [0.717, 1.165) is 70.4 Å². The molecule has 2 heterocycles. The van der Waals surface area contributed by atoms with Gasteiger partial charge in [0.1, 0.15) is 0 Å². The molecule has 1 aromatic rings. The number of benzene rings is 1. The summed E-state index contributed by atoms with van der Waals surface area (Å²) in [5.74, 6) is 3.03. The molecule has 2 aliphatic rings. The van der Waals surface area contributed by atoms with Crippen LogP contribution in [-0.4, -0.2) is 126 Å². The van der Waals surface area contributed by atoms with Crippen LogP contribution in [0.15, 0.2) is 17.1 Å². The SMILES string of the molecule is CN=C(NCC1CN(C)CCN1C)N1CCN(Cc2cc(OC)c(OC)c(OC)c2)CC1. The van der Waals surface area contributed by atoms with Crippen molar-refractivity contribution in [2.24, 2.45) is 4.99 Å². The van der Waals surface area contributed by atoms with Gasteiger partial charge in [0, 0.05) is 72.0 Å². The van der Waals surface area contributed by atoms with Crippen molar-refractivity contribution in [2.75, 3.05) is 94.8 Å². The summed E-state index contributed by atoms with van der Waals surface area (Å²) in [5, 5.41) is 3.61. The fourth-order valence-corrected chi connectivity index (χ4v) is 4.47. The highest BCUT2D eigenvalue weighted by atomic mass is 16.5. The van der Waals surface area contributed by atoms with Crippen LogP contribution in [0.1, 0.15) is 5.56 Å². The molecule has 1 atom stereocenters. The second-order valence-corrected chi connectivity index (χ2v) is 8.62. The van der Waals surface area contributed by atoms with Crippen LogP contribution >= 0.6 is 0 Å². The molecule has 2 aliphatic heterocycles. The topological polar surface area (TPSA) is 65.0 Å². The van der Waals surface area contributed by atoms with Gasteiger partial charge in [-0.3, -0.25) is 14.8 Å². The lowest BCUT2D eigenvalue weighted by atomic mass is 10.1. The largest absolute Gasteiger partial charge is 0.493 e. The van der Waals surface area contributed by atoms with Crippen molar-refractivity contribution in [3.63, 3.8) is 0 Å². The molecule has 180 valence electrons. The van der Waals surface area contributed by atoms with E-state index in [9.17, 15) is 0 Å². The Morgan fingerprint density at radius 2 is 1.62 bits per heavy atom. The van der Waals surface area contributed by atoms with Gasteiger partial charge in [0.25, 0.3) is 0 Å². The molecule has 0 amide bonds. The third-order valence-corrected chi connectivity index (χ3v) is 6.49. The van der Waals surface area contributed by atoms with Crippen molar-refractivity contribution in [1.29, 1.82) is 0 Å². The van der Waals surface area contributed by atoms with Crippen LogP contribution in [0, 0.1) is 0 Å². The number of ether oxygens (including phenoxy) is 3. The predicted octanol–water partition coefficient (Wildman–Crippen LogP) is 0.651. The highest BCUT2D eigenvalue weighted by Gasteiger charge is 2.25. The van der Waals surface area contributed by atoms with E-state index in [1.807, 2.05) is 19.2 Å². The lowest BCUT2D eigenvalue weighted by molar-refractivity contribution is 0.115. The van der Waals surface area contributed by atoms with Gasteiger partial charge in [-0.25, -0.2) is 0 Å². The molecular formula is C23H40N6O3. The summed E-state index contributed by atoms with van der Waals surface area (Å²) in [7, 11) is 11.2. The number of nitrogens with one attached hydrogen (secondary N) is 1. The second-order valence-electron chi connectivity index (χ2n) is 8.62. The van der Waals surface area contributed by atoms with Crippen LogP contribution < -0.4 is 19.5 Å². The molecule has 0 aromatic heterocycles. The van der Waals surface area contributed by atoms with Gasteiger partial charge in [-0.1, -0.05) is 0 Å². The standard InChI is InChI=1S/C23H40N6O3/c1-24-23(25-15-19-17-26(2)7-8-27(19)3)29-11-9-28(10-12-29)16-18-13-20(30-4)22(32-6)21(14-18)31-5/h13-14,19H,7-12,15-17H2,1-6H3,(H,24,25). The number of likely N-dealkylation sites (N-methyl/N-ethyl adjacent to an activating group) is 2. The Kier molecular flexibility index (Phi) is 8.84. The number of nitrogens with zero attached hydrogens (tertiary/aromatic N) is 5. The Labute approximate surface area is 192 Å². The van der Waals surface area contributed by atoms with Gasteiger partial charge in [0.2, 0.25) is 5.75 Å². The summed E-state index contributed by atoms with van der Waals surface area (Å²) < 4.78 is 16.4. The van der Waals surface area contributed by atoms with Crippen LogP contribution in [0.2, 0.25) is 0 Å². The van der Waals surface area contributed by atoms with E-state index in [1.54, 1.807) is 21.3 Å². The Hall–Kier alpha value is -2.23. The summed E-state index contributed by atoms with van der Waals surface area (Å²) in [4.78, 5) is 14.2. The highest BCUT2D eigenvalue weighted by Crippen LogP contribution is 2.38. The number of piperazine rings is 2. The van der Waals surface area contributed by atoms with Gasteiger partial charge in [-0.05, 0) is 31.8 Å². The maximum Gasteiger partial charge on any atom is 0.203 e. The normalized spacial score (nSPS) is 21.5. The summed E-state index contributed by atoms with van der Waals surface area (Å²) in [6.45, 7) is 8.94. The van der Waals surface area contributed by atoms with Crippen molar-refractivity contribution in [1.82, 2.24) is 24.9 Å². The number of guanidine groups is 1. The average Bonchev–Trinajstić information content (AvgIpc) is 2.81. The monoisotopic (exact) mass is 448 g/mol. The van der Waals surface area contributed by atoms with E-state index in [1.165, 1.54) is 0 Å². The van der Waals surface area contributed by atoms with Crippen molar-refractivity contribution in [2.45, 2.75) is 12.6 Å². The van der Waals surface area contributed by atoms with E-state index >= 15 is 0 Å². The minimum absolute atomic E-state index is 0.506. The van der Waals surface area contributed by atoms with E-state index in [-0.39, 0.29) is 0 Å². The maximum absolute atomic E-state index is 5.50. The molecule has 32 heavy (non-hydrogen) atoms. The first-order valence-electron chi connectivity index (χ1n) is 11.3. The van der Waals surface area contributed by atoms with Crippen LogP contribution in [0.4, 0.5) is 0 Å². The molecular weight excluding hydrogens is 408 g/mol. The Morgan fingerprint density at radius 3 is 2.19 bits per heavy atom. The average molecular weight is 449 g/mol. The number of hydrogen-bond acceptors (Lipinski definition) is 7. The van der Waals surface area contributed by atoms with Crippen molar-refractivity contribution < 1.29 is 14.2 Å². The Morgan fingerprint density at radius 1 is 0.969 bits per heavy atom. The molecule has 3 rings (SSSR count). The van der Waals surface area contributed by atoms with E-state index in [2.05, 4.69) is 44.0 Å². The zero-order chi connectivity index (χ0) is 23.1. The zero-order valence-corrected chi connectivity index (χ0v) is 20.6. The first-order chi connectivity index (χ1) is 15.5. The highest BCUT2D eigenvalue weighted by molar-refractivity contribution is 5.80. The summed E-state index contributed by atoms with van der Waals surface area (Å²) in [6.07, 6.45) is 0. The lowest BCUT2D eigenvalue weighted by Crippen LogP contribution is -2.57. The molecule has 2 fully saturated rings. The maximum atomic E-state index is 5.50. The molecule has 1 unspecified atom stereocenters. The molecule has 0 bridgehead atoms. The van der Waals surface area contributed by atoms with Crippen molar-refractivity contribution in [3.8, 4) is 17.2 Å². The third kappa shape index (κ3) is 5.96. The van der Waals surface area contributed by atoms with Gasteiger partial charge < -0.3 is 29.3 Å². The van der Waals surface area contributed by atoms with Crippen molar-refractivity contribution in [3.05, 3.63) is 17.7 Å². The minimum Gasteiger partial charge on any atom is -0.493 e. The fourth-order valence-electron chi connectivity index (χ4n) is 4.47. The number of hydrogen-bond donors (Lipinski definition) is 1. The molecule has 1 N–H and O–H groups in total. The first kappa shape index (κ1) is 24.4. The predicted molar refractivity (Wildman–Crippen MR) is 128 cm³/mol. The van der Waals surface area contributed by atoms with Crippen LogP contribution in [-0.2, 0) is 6.54 Å². The van der Waals surface area contributed by atoms with E-state index < -0.39 is 0 Å². The first-order valence-corrected chi connectivity index (χ1v) is 11.3. The number of rotatable bonds is 7. The fraction of sp³-hybridized carbons (Fsp3) is 0.696. The zero-order valence-electron chi connectivity index (χ0n) is 20.6. The van der Waals surface area contributed by atoms with Crippen molar-refractivity contribution >= 4 is 5.96 Å². The summed E-state index contributed by atoms with van der Waals surface area (Å²) in [6, 6.07) is 4.57. The van der Waals surface area contributed by atoms with Gasteiger partial charge in [-0.2, -0.15) is 0 Å². The van der Waals surface area contributed by atoms with Gasteiger partial charge >= 0.3 is 0 Å². The van der Waals surface area contributed by atoms with Gasteiger partial charge in [-0.15, -0.1) is 0 Å². The molecule has 0 radical (unpaired) electrons. The minimum atomic E-state index is 0.506. The van der Waals surface area contributed by atoms with Crippen LogP contribution in [0.25, 0.3) is 0 Å². The molecule has 9 heteroatoms. The quantitative estimate of drug-likeness (QED) is 0.482. The van der Waals surface area contributed by atoms with Gasteiger partial charge in [0.05, 0.1) is 21.3 Å². The number of aliphatic imine (C=N–C) groups is 1. The van der Waals surface area contributed by atoms with Crippen LogP contribution in [0.5, 0.6) is 17.2 Å². The summed E-state index contributed by atoms with van der Waals surface area (Å²) >= 11 is 0.